The van der Waals surface area contributed by atoms with Gasteiger partial charge in [-0.1, -0.05) is 65.8 Å². The van der Waals surface area contributed by atoms with Crippen molar-refractivity contribution in [1.29, 1.82) is 0 Å². The molecule has 6 saturated heterocycles. The number of rotatable bonds is 0. The molecule has 3 spiro atoms. The van der Waals surface area contributed by atoms with Crippen LogP contribution in [0, 0.1) is 22.7 Å². The average Bonchev–Trinajstić information content (AvgIpc) is 3.84. The monoisotopic (exact) mass is 775 g/mol. The molecule has 16 atom stereocenters. The number of carbonyl (C=O) groups excluding carboxylic acids is 2. The van der Waals surface area contributed by atoms with Gasteiger partial charge in [0.05, 0.1) is 48.8 Å². The van der Waals surface area contributed by atoms with Gasteiger partial charge in [-0.05, 0) is 52.4 Å². The highest BCUT2D eigenvalue weighted by atomic mass is 17.0. The van der Waals surface area contributed by atoms with Gasteiger partial charge in [0.25, 0.3) is 0 Å². The molecule has 0 saturated carbocycles. The first-order valence-corrected chi connectivity index (χ1v) is 20.5. The summed E-state index contributed by atoms with van der Waals surface area (Å²) in [5, 5.41) is 23.3. The van der Waals surface area contributed by atoms with Crippen molar-refractivity contribution in [2.24, 2.45) is 22.7 Å². The van der Waals surface area contributed by atoms with Crippen LogP contribution >= 0.6 is 0 Å². The van der Waals surface area contributed by atoms with Crippen molar-refractivity contribution in [3.63, 3.8) is 0 Å². The molecular weight excluding hydrogens is 715 g/mol. The molecule has 0 amide bonds. The molecular formula is C40H60BO14-. The van der Waals surface area contributed by atoms with Gasteiger partial charge in [0.2, 0.25) is 0 Å². The van der Waals surface area contributed by atoms with Crippen LogP contribution < -0.4 is 0 Å². The van der Waals surface area contributed by atoms with Crippen LogP contribution in [0.5, 0.6) is 0 Å². The van der Waals surface area contributed by atoms with E-state index in [4.69, 9.17) is 47.0 Å². The Morgan fingerprint density at radius 2 is 1.04 bits per heavy atom. The Morgan fingerprint density at radius 3 is 1.44 bits per heavy atom. The van der Waals surface area contributed by atoms with Gasteiger partial charge in [0.1, 0.15) is 12.2 Å². The molecule has 0 aromatic rings. The molecule has 308 valence electrons. The van der Waals surface area contributed by atoms with Gasteiger partial charge in [0, 0.05) is 35.5 Å². The zero-order chi connectivity index (χ0) is 39.3. The Bertz CT molecular complexity index is 1440. The van der Waals surface area contributed by atoms with Crippen molar-refractivity contribution < 1.29 is 66.8 Å². The lowest BCUT2D eigenvalue weighted by Crippen LogP contribution is -2.61. The summed E-state index contributed by atoms with van der Waals surface area (Å²) in [6, 6.07) is 0. The largest absolute Gasteiger partial charge is 0.536 e. The molecule has 0 aromatic carbocycles. The topological polar surface area (TPSA) is 167 Å². The smallest absolute Gasteiger partial charge is 0.504 e. The Hall–Kier alpha value is -1.92. The highest BCUT2D eigenvalue weighted by Gasteiger charge is 2.73. The van der Waals surface area contributed by atoms with Gasteiger partial charge < -0.3 is 57.3 Å². The van der Waals surface area contributed by atoms with Crippen molar-refractivity contribution >= 4 is 18.9 Å². The van der Waals surface area contributed by atoms with E-state index in [0.29, 0.717) is 51.4 Å². The predicted molar refractivity (Wildman–Crippen MR) is 194 cm³/mol. The van der Waals surface area contributed by atoms with E-state index in [1.54, 1.807) is 0 Å². The van der Waals surface area contributed by atoms with Gasteiger partial charge in [-0.15, -0.1) is 0 Å². The number of aliphatic hydroxyl groups excluding tert-OH is 2. The molecule has 0 aromatic heterocycles. The molecule has 8 rings (SSSR count). The van der Waals surface area contributed by atoms with E-state index < -0.39 is 114 Å². The number of carbonyl (C=O) groups is 2. The molecule has 8 heterocycles. The summed E-state index contributed by atoms with van der Waals surface area (Å²) in [4.78, 5) is 29.2. The molecule has 8 aliphatic heterocycles. The normalized spacial score (nSPS) is 53.3. The van der Waals surface area contributed by atoms with Gasteiger partial charge in [0.15, 0.2) is 23.8 Å². The highest BCUT2D eigenvalue weighted by Crippen LogP contribution is 2.57. The maximum Gasteiger partial charge on any atom is 0.536 e. The average molecular weight is 776 g/mol. The summed E-state index contributed by atoms with van der Waals surface area (Å²) in [6.07, 6.45) is 2.49. The van der Waals surface area contributed by atoms with Gasteiger partial charge in [-0.3, -0.25) is 0 Å². The highest BCUT2D eigenvalue weighted by molar-refractivity contribution is 6.56. The van der Waals surface area contributed by atoms with Crippen molar-refractivity contribution in [1.82, 2.24) is 0 Å². The van der Waals surface area contributed by atoms with Crippen LogP contribution in [0.25, 0.3) is 0 Å². The van der Waals surface area contributed by atoms with Crippen LogP contribution in [0.1, 0.15) is 107 Å². The molecule has 2 N–H and O–H groups in total. The van der Waals surface area contributed by atoms with Crippen molar-refractivity contribution in [3.8, 4) is 0 Å². The lowest BCUT2D eigenvalue weighted by atomic mass is 9.73. The second-order valence-corrected chi connectivity index (χ2v) is 18.6. The molecule has 0 unspecified atom stereocenters. The summed E-state index contributed by atoms with van der Waals surface area (Å²) < 4.78 is 65.8. The predicted octanol–water partition coefficient (Wildman–Crippen LogP) is 4.15. The number of aliphatic hydroxyl groups is 2. The summed E-state index contributed by atoms with van der Waals surface area (Å²) >= 11 is 0. The van der Waals surface area contributed by atoms with E-state index in [-0.39, 0.29) is 12.2 Å². The van der Waals surface area contributed by atoms with Crippen LogP contribution in [0.3, 0.4) is 0 Å². The minimum atomic E-state index is -3.42. The zero-order valence-corrected chi connectivity index (χ0v) is 33.4. The maximum absolute atomic E-state index is 14.6. The fourth-order valence-electron chi connectivity index (χ4n) is 10.1. The molecule has 55 heavy (non-hydrogen) atoms. The number of hydrogen-bond acceptors (Lipinski definition) is 14. The molecule has 0 radical (unpaired) electrons. The van der Waals surface area contributed by atoms with Gasteiger partial charge in [-0.25, -0.2) is 9.59 Å². The van der Waals surface area contributed by atoms with Crippen LogP contribution in [0.2, 0.25) is 0 Å². The standard InChI is InChI=1S/C40H60BO14/c1-21-15-17-31-37(5,6)29(42)13-9-11-26-20-28(24(4)47-26)49-36(45)34-40-22(2)16-18-32(51-40)38(7,8)30(43)14-10-12-25-19-27(23(3)46-25)48-35(44)33-39(21,50-31)54-41(52-33,53-34)55-40/h9-12,21-34,42-43H,13-20H2,1-8H3/q-1/b11-9+,12-10+/t21-,22-,23+,24+,25+,26+,27-,28-,29-,30-,31+,32+,33+,34+,39+,40+,41?/m1/s1. The fraction of sp³-hybridized carbons (Fsp3) is 0.850. The van der Waals surface area contributed by atoms with E-state index in [1.165, 1.54) is 0 Å². The lowest BCUT2D eigenvalue weighted by Gasteiger charge is -2.52. The third-order valence-corrected chi connectivity index (χ3v) is 14.3. The Labute approximate surface area is 323 Å². The summed E-state index contributed by atoms with van der Waals surface area (Å²) in [6.45, 7) is 11.8. The molecule has 11 bridgehead atoms. The minimum Gasteiger partial charge on any atom is -0.504 e. The summed E-state index contributed by atoms with van der Waals surface area (Å²) in [7, 11) is 0. The van der Waals surface area contributed by atoms with E-state index in [1.807, 2.05) is 79.7 Å². The second-order valence-electron chi connectivity index (χ2n) is 18.6. The summed E-state index contributed by atoms with van der Waals surface area (Å²) in [5.41, 5.74) is -1.64. The number of esters is 2. The van der Waals surface area contributed by atoms with E-state index in [9.17, 15) is 19.8 Å². The van der Waals surface area contributed by atoms with Gasteiger partial charge >= 0.3 is 18.9 Å². The third-order valence-electron chi connectivity index (χ3n) is 14.3. The SMILES string of the molecule is C[C@@H]1O[C@H]2/C=C/C[C@@H](O)C(C)(C)[C@@H]3CC[C@@H](C)[C@]4(O3)O[B-]35O[C@@H](C(=O)O[C@@H]1C2)[C@@]1(O[C@@H](CC[C@H]1C)C(C)(C)[C@H](O)C/C=C/[C@H]1C[C@@H](OC(=O)[C@@H]4O3)[C@H](C)O1)O5. The van der Waals surface area contributed by atoms with Crippen molar-refractivity contribution in [2.75, 3.05) is 0 Å². The van der Waals surface area contributed by atoms with E-state index in [2.05, 4.69) is 0 Å². The van der Waals surface area contributed by atoms with E-state index in [0.717, 1.165) is 0 Å². The Kier molecular flexibility index (Phi) is 10.2. The van der Waals surface area contributed by atoms with E-state index >= 15 is 0 Å². The number of ether oxygens (including phenoxy) is 6. The fourth-order valence-corrected chi connectivity index (χ4v) is 10.1. The second kappa shape index (κ2) is 14.1. The maximum atomic E-state index is 14.6. The van der Waals surface area contributed by atoms with Crippen molar-refractivity contribution in [3.05, 3.63) is 24.3 Å². The van der Waals surface area contributed by atoms with Gasteiger partial charge in [-0.2, -0.15) is 0 Å². The zero-order valence-electron chi connectivity index (χ0n) is 33.4. The van der Waals surface area contributed by atoms with Crippen molar-refractivity contribution in [2.45, 2.75) is 192 Å². The molecule has 8 aliphatic rings. The van der Waals surface area contributed by atoms with Crippen LogP contribution in [-0.2, 0) is 56.6 Å². The van der Waals surface area contributed by atoms with Crippen LogP contribution in [0.15, 0.2) is 24.3 Å². The Morgan fingerprint density at radius 1 is 0.636 bits per heavy atom. The third kappa shape index (κ3) is 6.66. The first-order valence-electron chi connectivity index (χ1n) is 20.5. The molecule has 14 nitrogen and oxygen atoms in total. The van der Waals surface area contributed by atoms with Crippen LogP contribution in [0.4, 0.5) is 0 Å². The first-order chi connectivity index (χ1) is 25.9. The van der Waals surface area contributed by atoms with Crippen LogP contribution in [-0.4, -0.2) is 114 Å². The number of hydrogen-bond donors (Lipinski definition) is 2. The lowest BCUT2D eigenvalue weighted by molar-refractivity contribution is -0.310. The first kappa shape index (κ1) is 39.9. The number of fused-ring (bicyclic) bond motifs is 8. The minimum absolute atomic E-state index is 0.318. The molecule has 0 aliphatic carbocycles. The summed E-state index contributed by atoms with van der Waals surface area (Å²) in [5.74, 6) is -6.02. The molecule has 6 fully saturated rings. The quantitative estimate of drug-likeness (QED) is 0.205. The Balaban J connectivity index is 1.27. The molecule has 15 heteroatoms.